The van der Waals surface area contributed by atoms with E-state index in [0.29, 0.717) is 21.4 Å². The molecular formula is C37H58N3O10P. The maximum Gasteiger partial charge on any atom is 0.420 e. The van der Waals surface area contributed by atoms with Crippen LogP contribution in [0.2, 0.25) is 0 Å². The SMILES string of the molecule is COC(=O)[C@@H](NP)[C@@H](c1ccc2c(C[C@@H](C(=O)OC(C)(C)C)N(C(=O)OC(C)(C)C)C(=O)OC(C)(C)C)cn(C(=O)OC(C)(C)C)c2c1)C(C)C. The molecule has 4 atom stereocenters. The summed E-state index contributed by atoms with van der Waals surface area (Å²) in [4.78, 5) is 68.6. The van der Waals surface area contributed by atoms with Crippen molar-refractivity contribution in [3.63, 3.8) is 0 Å². The molecule has 0 bridgehead atoms. The number of aromatic nitrogens is 1. The van der Waals surface area contributed by atoms with Crippen molar-refractivity contribution in [2.45, 2.75) is 144 Å². The summed E-state index contributed by atoms with van der Waals surface area (Å²) >= 11 is 0. The van der Waals surface area contributed by atoms with Gasteiger partial charge in [-0.25, -0.2) is 19.2 Å². The molecule has 0 aliphatic carbocycles. The van der Waals surface area contributed by atoms with Crippen LogP contribution in [0.1, 0.15) is 114 Å². The minimum absolute atomic E-state index is 0.0447. The molecule has 51 heavy (non-hydrogen) atoms. The molecule has 2 aromatic rings. The molecule has 0 aliphatic rings. The minimum atomic E-state index is -1.57. The Bertz CT molecular complexity index is 1560. The molecule has 14 heteroatoms. The first-order valence-electron chi connectivity index (χ1n) is 17.0. The summed E-state index contributed by atoms with van der Waals surface area (Å²) in [6.45, 7) is 24.0. The maximum atomic E-state index is 14.0. The van der Waals surface area contributed by atoms with Gasteiger partial charge in [0.05, 0.1) is 12.6 Å². The predicted molar refractivity (Wildman–Crippen MR) is 197 cm³/mol. The molecule has 1 heterocycles. The van der Waals surface area contributed by atoms with Crippen molar-refractivity contribution in [2.75, 3.05) is 7.11 Å². The number of imide groups is 1. The van der Waals surface area contributed by atoms with Crippen LogP contribution in [0.15, 0.2) is 24.4 Å². The summed E-state index contributed by atoms with van der Waals surface area (Å²) in [6, 6.07) is 3.09. The number of nitrogens with one attached hydrogen (secondary N) is 1. The Labute approximate surface area is 304 Å². The second-order valence-electron chi connectivity index (χ2n) is 16.8. The first kappa shape index (κ1) is 43.5. The normalized spacial score (nSPS) is 14.4. The van der Waals surface area contributed by atoms with Gasteiger partial charge in [0.25, 0.3) is 0 Å². The molecule has 1 aromatic heterocycles. The third-order valence-electron chi connectivity index (χ3n) is 7.18. The Morgan fingerprint density at radius 2 is 1.25 bits per heavy atom. The molecule has 0 fully saturated rings. The molecule has 0 saturated carbocycles. The van der Waals surface area contributed by atoms with E-state index in [2.05, 4.69) is 14.5 Å². The zero-order valence-electron chi connectivity index (χ0n) is 32.9. The standard InChI is InChI=1S/C37H58N3O10P/c1-21(2)27(28(38-51)30(42)46-15)22-16-17-24-23(20-39(25(24)18-22)31(43)48-35(6,7)8)19-26(29(41)47-34(3,4)5)40(32(44)49-36(9,10)11)33(45)50-37(12,13)14/h16-18,20-21,26-28,38H,19,51H2,1-15H3/t26-,27+,28-/m0/s1. The van der Waals surface area contributed by atoms with E-state index in [-0.39, 0.29) is 18.3 Å². The van der Waals surface area contributed by atoms with E-state index < -0.39 is 64.7 Å². The molecule has 286 valence electrons. The number of hydrogen-bond donors (Lipinski definition) is 1. The zero-order chi connectivity index (χ0) is 39.4. The van der Waals surface area contributed by atoms with Gasteiger partial charge in [0.1, 0.15) is 34.5 Å². The van der Waals surface area contributed by atoms with Gasteiger partial charge in [-0.2, -0.15) is 4.90 Å². The summed E-state index contributed by atoms with van der Waals surface area (Å²) in [5.74, 6) is -1.77. The lowest BCUT2D eigenvalue weighted by Crippen LogP contribution is -2.54. The van der Waals surface area contributed by atoms with Gasteiger partial charge in [-0.05, 0) is 106 Å². The van der Waals surface area contributed by atoms with Crippen molar-refractivity contribution in [2.24, 2.45) is 5.92 Å². The summed E-state index contributed by atoms with van der Waals surface area (Å²) in [5.41, 5.74) is -2.33. The van der Waals surface area contributed by atoms with Gasteiger partial charge in [0.15, 0.2) is 0 Å². The molecule has 0 radical (unpaired) electrons. The van der Waals surface area contributed by atoms with Crippen LogP contribution in [0.5, 0.6) is 0 Å². The average molecular weight is 736 g/mol. The third-order valence-corrected chi connectivity index (χ3v) is 7.54. The smallest absolute Gasteiger partial charge is 0.420 e. The first-order valence-corrected chi connectivity index (χ1v) is 17.6. The number of carbonyl (C=O) groups excluding carboxylic acids is 5. The molecular weight excluding hydrogens is 677 g/mol. The molecule has 1 aromatic carbocycles. The number of nitrogens with zero attached hydrogens (tertiary/aromatic N) is 2. The van der Waals surface area contributed by atoms with Crippen molar-refractivity contribution < 1.29 is 47.7 Å². The fourth-order valence-electron chi connectivity index (χ4n) is 5.36. The Hall–Kier alpha value is -3.70. The average Bonchev–Trinajstić information content (AvgIpc) is 3.28. The topological polar surface area (TPSA) is 152 Å². The van der Waals surface area contributed by atoms with Crippen LogP contribution in [-0.4, -0.2) is 81.3 Å². The van der Waals surface area contributed by atoms with Gasteiger partial charge in [-0.15, -0.1) is 0 Å². The number of ether oxygens (including phenoxy) is 5. The van der Waals surface area contributed by atoms with E-state index >= 15 is 0 Å². The molecule has 0 aliphatic heterocycles. The van der Waals surface area contributed by atoms with Gasteiger partial charge < -0.3 is 23.7 Å². The van der Waals surface area contributed by atoms with Crippen molar-refractivity contribution >= 4 is 50.5 Å². The third kappa shape index (κ3) is 12.5. The number of carbonyl (C=O) groups is 5. The summed E-state index contributed by atoms with van der Waals surface area (Å²) in [7, 11) is 3.68. The number of methoxy groups -OCH3 is 1. The van der Waals surface area contributed by atoms with Crippen LogP contribution in [-0.2, 0) is 39.7 Å². The van der Waals surface area contributed by atoms with E-state index in [1.165, 1.54) is 17.9 Å². The number of amides is 2. The fraction of sp³-hybridized carbons (Fsp3) is 0.649. The van der Waals surface area contributed by atoms with E-state index in [1.54, 1.807) is 95.2 Å². The fourth-order valence-corrected chi connectivity index (χ4v) is 5.71. The van der Waals surface area contributed by atoms with Crippen LogP contribution in [0, 0.1) is 5.92 Å². The van der Waals surface area contributed by atoms with Crippen LogP contribution in [0.25, 0.3) is 10.9 Å². The number of fused-ring (bicyclic) bond motifs is 1. The summed E-state index contributed by atoms with van der Waals surface area (Å²) in [5, 5.41) is 3.51. The van der Waals surface area contributed by atoms with Crippen molar-refractivity contribution in [1.29, 1.82) is 0 Å². The molecule has 0 spiro atoms. The summed E-state index contributed by atoms with van der Waals surface area (Å²) < 4.78 is 29.1. The van der Waals surface area contributed by atoms with Gasteiger partial charge in [0.2, 0.25) is 0 Å². The van der Waals surface area contributed by atoms with Gasteiger partial charge in [-0.1, -0.05) is 35.4 Å². The van der Waals surface area contributed by atoms with Crippen molar-refractivity contribution in [1.82, 2.24) is 14.6 Å². The first-order chi connectivity index (χ1) is 23.1. The minimum Gasteiger partial charge on any atom is -0.468 e. The van der Waals surface area contributed by atoms with Gasteiger partial charge >= 0.3 is 30.2 Å². The Morgan fingerprint density at radius 1 is 0.765 bits per heavy atom. The molecule has 1 unspecified atom stereocenters. The predicted octanol–water partition coefficient (Wildman–Crippen LogP) is 7.51. The second kappa shape index (κ2) is 16.3. The monoisotopic (exact) mass is 735 g/mol. The molecule has 13 nitrogen and oxygen atoms in total. The highest BCUT2D eigenvalue weighted by atomic mass is 31.0. The highest BCUT2D eigenvalue weighted by molar-refractivity contribution is 7.13. The number of esters is 2. The molecule has 2 rings (SSSR count). The second-order valence-corrected chi connectivity index (χ2v) is 17.1. The van der Waals surface area contributed by atoms with E-state index in [9.17, 15) is 24.0 Å². The van der Waals surface area contributed by atoms with Crippen molar-refractivity contribution in [3.05, 3.63) is 35.5 Å². The maximum absolute atomic E-state index is 14.0. The highest BCUT2D eigenvalue weighted by Gasteiger charge is 2.43. The highest BCUT2D eigenvalue weighted by Crippen LogP contribution is 2.34. The Balaban J connectivity index is 2.95. The molecule has 0 saturated heterocycles. The molecule has 1 N–H and O–H groups in total. The van der Waals surface area contributed by atoms with Crippen LogP contribution >= 0.6 is 9.39 Å². The lowest BCUT2D eigenvalue weighted by molar-refractivity contribution is -0.161. The number of benzene rings is 1. The van der Waals surface area contributed by atoms with E-state index in [4.69, 9.17) is 23.7 Å². The van der Waals surface area contributed by atoms with E-state index in [0.717, 1.165) is 5.56 Å². The van der Waals surface area contributed by atoms with E-state index in [1.807, 2.05) is 19.9 Å². The lowest BCUT2D eigenvalue weighted by atomic mass is 9.82. The van der Waals surface area contributed by atoms with Crippen molar-refractivity contribution in [3.8, 4) is 0 Å². The zero-order valence-corrected chi connectivity index (χ0v) is 34.0. The molecule has 2 amide bonds. The summed E-state index contributed by atoms with van der Waals surface area (Å²) in [6.07, 6.45) is -1.67. The van der Waals surface area contributed by atoms with Gasteiger partial charge in [-0.3, -0.25) is 14.4 Å². The Kier molecular flexibility index (Phi) is 13.9. The number of rotatable bonds is 9. The Morgan fingerprint density at radius 3 is 1.67 bits per heavy atom. The largest absolute Gasteiger partial charge is 0.468 e. The lowest BCUT2D eigenvalue weighted by Gasteiger charge is -2.33. The van der Waals surface area contributed by atoms with Crippen LogP contribution in [0.4, 0.5) is 14.4 Å². The van der Waals surface area contributed by atoms with Gasteiger partial charge in [0, 0.05) is 23.9 Å². The quantitative estimate of drug-likeness (QED) is 0.155. The van der Waals surface area contributed by atoms with Crippen LogP contribution < -0.4 is 5.09 Å². The van der Waals surface area contributed by atoms with Crippen LogP contribution in [0.3, 0.4) is 0 Å². The number of hydrogen-bond acceptors (Lipinski definition) is 11.